The van der Waals surface area contributed by atoms with E-state index in [-0.39, 0.29) is 6.61 Å². The van der Waals surface area contributed by atoms with E-state index in [1.54, 1.807) is 6.20 Å². The van der Waals surface area contributed by atoms with Crippen molar-refractivity contribution in [3.05, 3.63) is 17.8 Å². The van der Waals surface area contributed by atoms with Gasteiger partial charge in [-0.3, -0.25) is 0 Å². The highest BCUT2D eigenvalue weighted by molar-refractivity contribution is 4.92. The van der Waals surface area contributed by atoms with E-state index in [9.17, 15) is 0 Å². The lowest BCUT2D eigenvalue weighted by Crippen LogP contribution is -1.86. The van der Waals surface area contributed by atoms with Gasteiger partial charge in [-0.25, -0.2) is 4.98 Å². The molecule has 1 aromatic heterocycles. The molecule has 10 heavy (non-hydrogen) atoms. The van der Waals surface area contributed by atoms with E-state index in [0.717, 1.165) is 18.6 Å². The van der Waals surface area contributed by atoms with Gasteiger partial charge in [-0.05, 0) is 6.42 Å². The summed E-state index contributed by atoms with van der Waals surface area (Å²) in [6.07, 6.45) is 3.22. The minimum Gasteiger partial charge on any atom is -0.446 e. The maximum atomic E-state index is 8.47. The van der Waals surface area contributed by atoms with Gasteiger partial charge in [-0.2, -0.15) is 0 Å². The van der Waals surface area contributed by atoms with E-state index in [1.165, 1.54) is 0 Å². The molecule has 0 atom stereocenters. The van der Waals surface area contributed by atoms with Crippen molar-refractivity contribution < 1.29 is 9.52 Å². The predicted molar refractivity (Wildman–Crippen MR) is 36.6 cm³/mol. The summed E-state index contributed by atoms with van der Waals surface area (Å²) in [4.78, 5) is 3.92. The van der Waals surface area contributed by atoms with Gasteiger partial charge in [0.15, 0.2) is 5.89 Å². The van der Waals surface area contributed by atoms with E-state index < -0.39 is 0 Å². The van der Waals surface area contributed by atoms with Crippen LogP contribution in [0.2, 0.25) is 0 Å². The Morgan fingerprint density at radius 3 is 3.00 bits per heavy atom. The van der Waals surface area contributed by atoms with Crippen molar-refractivity contribution >= 4 is 0 Å². The molecule has 0 aliphatic heterocycles. The minimum atomic E-state index is 0.208. The van der Waals surface area contributed by atoms with E-state index in [2.05, 4.69) is 4.98 Å². The number of nitrogens with zero attached hydrogens (tertiary/aromatic N) is 1. The summed E-state index contributed by atoms with van der Waals surface area (Å²) in [5, 5.41) is 8.47. The smallest absolute Gasteiger partial charge is 0.191 e. The first kappa shape index (κ1) is 7.28. The molecule has 3 heteroatoms. The summed E-state index contributed by atoms with van der Waals surface area (Å²) in [6, 6.07) is 0. The third-order valence-corrected chi connectivity index (χ3v) is 1.25. The maximum absolute atomic E-state index is 8.47. The van der Waals surface area contributed by atoms with Gasteiger partial charge in [0.2, 0.25) is 0 Å². The monoisotopic (exact) mass is 141 g/mol. The zero-order valence-corrected chi connectivity index (χ0v) is 6.00. The molecule has 0 aromatic carbocycles. The number of aliphatic hydroxyl groups is 1. The SMILES string of the molecule is Cc1ncc(CCCO)o1. The van der Waals surface area contributed by atoms with Crippen LogP contribution in [0.4, 0.5) is 0 Å². The average molecular weight is 141 g/mol. The van der Waals surface area contributed by atoms with E-state index in [0.29, 0.717) is 5.89 Å². The molecular weight excluding hydrogens is 130 g/mol. The molecule has 0 amide bonds. The molecule has 1 N–H and O–H groups in total. The Bertz CT molecular complexity index is 195. The first-order valence-electron chi connectivity index (χ1n) is 3.35. The molecule has 56 valence electrons. The van der Waals surface area contributed by atoms with Crippen LogP contribution in [0.5, 0.6) is 0 Å². The third kappa shape index (κ3) is 1.84. The van der Waals surface area contributed by atoms with Crippen molar-refractivity contribution in [1.82, 2.24) is 4.98 Å². The summed E-state index contributed by atoms with van der Waals surface area (Å²) >= 11 is 0. The van der Waals surface area contributed by atoms with Crippen molar-refractivity contribution in [3.8, 4) is 0 Å². The lowest BCUT2D eigenvalue weighted by molar-refractivity contribution is 0.284. The Balaban J connectivity index is 2.42. The van der Waals surface area contributed by atoms with Crippen molar-refractivity contribution in [2.45, 2.75) is 19.8 Å². The van der Waals surface area contributed by atoms with Crippen molar-refractivity contribution in [3.63, 3.8) is 0 Å². The van der Waals surface area contributed by atoms with Crippen molar-refractivity contribution in [1.29, 1.82) is 0 Å². The second-order valence-electron chi connectivity index (χ2n) is 2.17. The fraction of sp³-hybridized carbons (Fsp3) is 0.571. The summed E-state index contributed by atoms with van der Waals surface area (Å²) in [5.41, 5.74) is 0. The van der Waals surface area contributed by atoms with Crippen LogP contribution < -0.4 is 0 Å². The highest BCUT2D eigenvalue weighted by Crippen LogP contribution is 2.03. The molecule has 1 rings (SSSR count). The molecule has 0 fully saturated rings. The Morgan fingerprint density at radius 2 is 2.50 bits per heavy atom. The Labute approximate surface area is 59.7 Å². The first-order valence-corrected chi connectivity index (χ1v) is 3.35. The number of hydrogen-bond acceptors (Lipinski definition) is 3. The summed E-state index contributed by atoms with van der Waals surface area (Å²) < 4.78 is 5.16. The van der Waals surface area contributed by atoms with Gasteiger partial charge < -0.3 is 9.52 Å². The highest BCUT2D eigenvalue weighted by Gasteiger charge is 1.97. The molecule has 0 bridgehead atoms. The largest absolute Gasteiger partial charge is 0.446 e. The molecule has 0 saturated carbocycles. The number of aliphatic hydroxyl groups excluding tert-OH is 1. The topological polar surface area (TPSA) is 46.3 Å². The fourth-order valence-electron chi connectivity index (χ4n) is 0.774. The Kier molecular flexibility index (Phi) is 2.45. The first-order chi connectivity index (χ1) is 4.83. The van der Waals surface area contributed by atoms with E-state index in [1.807, 2.05) is 6.92 Å². The van der Waals surface area contributed by atoms with Crippen LogP contribution >= 0.6 is 0 Å². The number of aryl methyl sites for hydroxylation is 2. The van der Waals surface area contributed by atoms with Crippen LogP contribution in [0.15, 0.2) is 10.6 Å². The molecule has 1 aromatic rings. The molecular formula is C7H11NO2. The molecule has 0 spiro atoms. The van der Waals surface area contributed by atoms with Crippen LogP contribution in [0.1, 0.15) is 18.1 Å². The number of rotatable bonds is 3. The lowest BCUT2D eigenvalue weighted by Gasteiger charge is -1.89. The highest BCUT2D eigenvalue weighted by atomic mass is 16.4. The summed E-state index contributed by atoms with van der Waals surface area (Å²) in [5.74, 6) is 1.54. The summed E-state index contributed by atoms with van der Waals surface area (Å²) in [6.45, 7) is 2.02. The molecule has 0 saturated heterocycles. The molecule has 3 nitrogen and oxygen atoms in total. The number of hydrogen-bond donors (Lipinski definition) is 1. The Morgan fingerprint density at radius 1 is 1.70 bits per heavy atom. The van der Waals surface area contributed by atoms with Crippen LogP contribution in [-0.2, 0) is 6.42 Å². The second kappa shape index (κ2) is 3.37. The third-order valence-electron chi connectivity index (χ3n) is 1.25. The van der Waals surface area contributed by atoms with Crippen LogP contribution in [0.3, 0.4) is 0 Å². The van der Waals surface area contributed by atoms with Gasteiger partial charge in [0.1, 0.15) is 5.76 Å². The lowest BCUT2D eigenvalue weighted by atomic mass is 10.3. The standard InChI is InChI=1S/C7H11NO2/c1-6-8-5-7(10-6)3-2-4-9/h5,9H,2-4H2,1H3. The summed E-state index contributed by atoms with van der Waals surface area (Å²) in [7, 11) is 0. The molecule has 0 unspecified atom stereocenters. The normalized spacial score (nSPS) is 10.2. The zero-order chi connectivity index (χ0) is 7.40. The van der Waals surface area contributed by atoms with Crippen LogP contribution in [0, 0.1) is 6.92 Å². The predicted octanol–water partition coefficient (Wildman–Crippen LogP) is 0.908. The van der Waals surface area contributed by atoms with E-state index in [4.69, 9.17) is 9.52 Å². The molecule has 1 heterocycles. The second-order valence-corrected chi connectivity index (χ2v) is 2.17. The number of aromatic nitrogens is 1. The van der Waals surface area contributed by atoms with Gasteiger partial charge in [0.25, 0.3) is 0 Å². The van der Waals surface area contributed by atoms with Crippen molar-refractivity contribution in [2.75, 3.05) is 6.61 Å². The number of oxazole rings is 1. The van der Waals surface area contributed by atoms with Gasteiger partial charge >= 0.3 is 0 Å². The quantitative estimate of drug-likeness (QED) is 0.680. The van der Waals surface area contributed by atoms with Gasteiger partial charge in [0.05, 0.1) is 6.20 Å². The van der Waals surface area contributed by atoms with Gasteiger partial charge in [-0.15, -0.1) is 0 Å². The minimum absolute atomic E-state index is 0.208. The Hall–Kier alpha value is -0.830. The van der Waals surface area contributed by atoms with Crippen LogP contribution in [0.25, 0.3) is 0 Å². The molecule has 0 radical (unpaired) electrons. The average Bonchev–Trinajstić information content (AvgIpc) is 2.31. The maximum Gasteiger partial charge on any atom is 0.191 e. The molecule has 0 aliphatic rings. The van der Waals surface area contributed by atoms with Crippen molar-refractivity contribution in [2.24, 2.45) is 0 Å². The zero-order valence-electron chi connectivity index (χ0n) is 6.00. The van der Waals surface area contributed by atoms with Gasteiger partial charge in [-0.1, -0.05) is 0 Å². The van der Waals surface area contributed by atoms with Crippen LogP contribution in [-0.4, -0.2) is 16.7 Å². The molecule has 0 aliphatic carbocycles. The fourth-order valence-corrected chi connectivity index (χ4v) is 0.774. The van der Waals surface area contributed by atoms with Gasteiger partial charge in [0, 0.05) is 20.0 Å². The van der Waals surface area contributed by atoms with E-state index >= 15 is 0 Å².